The summed E-state index contributed by atoms with van der Waals surface area (Å²) in [7, 11) is 0. The zero-order valence-electron chi connectivity index (χ0n) is 11.0. The fourth-order valence-electron chi connectivity index (χ4n) is 1.78. The lowest BCUT2D eigenvalue weighted by Crippen LogP contribution is -2.47. The highest BCUT2D eigenvalue weighted by Crippen LogP contribution is 2.26. The average Bonchev–Trinajstić information content (AvgIpc) is 2.95. The predicted molar refractivity (Wildman–Crippen MR) is 77.3 cm³/mol. The smallest absolute Gasteiger partial charge is 0.125 e. The van der Waals surface area contributed by atoms with E-state index in [4.69, 9.17) is 5.11 Å². The van der Waals surface area contributed by atoms with Crippen LogP contribution in [0.5, 0.6) is 0 Å². The highest BCUT2D eigenvalue weighted by Gasteiger charge is 2.35. The Morgan fingerprint density at radius 2 is 1.90 bits per heavy atom. The molecule has 0 saturated heterocycles. The van der Waals surface area contributed by atoms with E-state index in [0.717, 1.165) is 11.1 Å². The van der Waals surface area contributed by atoms with Crippen LogP contribution < -0.4 is 5.43 Å². The molecule has 1 aromatic rings. The number of hydrogen-bond acceptors (Lipinski definition) is 7. The number of aliphatic hydroxyl groups excluding tert-OH is 4. The molecule has 5 N–H and O–H groups in total. The molecule has 0 unspecified atom stereocenters. The van der Waals surface area contributed by atoms with E-state index in [-0.39, 0.29) is 0 Å². The Morgan fingerprint density at radius 1 is 1.25 bits per heavy atom. The van der Waals surface area contributed by atoms with Crippen molar-refractivity contribution >= 4 is 16.8 Å². The maximum absolute atomic E-state index is 9.95. The number of hydrazone groups is 1. The van der Waals surface area contributed by atoms with Gasteiger partial charge in [-0.25, -0.2) is 0 Å². The first kappa shape index (κ1) is 15.3. The van der Waals surface area contributed by atoms with Gasteiger partial charge >= 0.3 is 0 Å². The van der Waals surface area contributed by atoms with Gasteiger partial charge in [0.2, 0.25) is 0 Å². The second-order valence-corrected chi connectivity index (χ2v) is 5.81. The number of thioether (sulfide) groups is 1. The first-order valence-electron chi connectivity index (χ1n) is 6.25. The maximum Gasteiger partial charge on any atom is 0.125 e. The average molecular weight is 298 g/mol. The van der Waals surface area contributed by atoms with Crippen molar-refractivity contribution in [3.63, 3.8) is 0 Å². The van der Waals surface area contributed by atoms with Gasteiger partial charge < -0.3 is 20.4 Å². The molecule has 0 radical (unpaired) electrons. The molecular formula is C13H18N2O4S. The molecule has 1 aliphatic heterocycles. The summed E-state index contributed by atoms with van der Waals surface area (Å²) in [5, 5.41) is 42.0. The minimum absolute atomic E-state index is 0.567. The third-order valence-electron chi connectivity index (χ3n) is 3.07. The second-order valence-electron chi connectivity index (χ2n) is 4.68. The first-order valence-corrected chi connectivity index (χ1v) is 7.13. The molecule has 0 aliphatic carbocycles. The van der Waals surface area contributed by atoms with E-state index in [1.165, 1.54) is 11.8 Å². The molecule has 6 nitrogen and oxygen atoms in total. The molecule has 4 atom stereocenters. The first-order chi connectivity index (χ1) is 9.52. The van der Waals surface area contributed by atoms with E-state index in [0.29, 0.717) is 5.04 Å². The number of rotatable bonds is 5. The Kier molecular flexibility index (Phi) is 5.00. The molecule has 2 rings (SSSR count). The molecule has 0 aromatic heterocycles. The third-order valence-corrected chi connectivity index (χ3v) is 4.26. The monoisotopic (exact) mass is 298 g/mol. The van der Waals surface area contributed by atoms with Gasteiger partial charge in [-0.3, -0.25) is 5.43 Å². The zero-order valence-corrected chi connectivity index (χ0v) is 11.8. The molecule has 1 aromatic carbocycles. The van der Waals surface area contributed by atoms with Crippen molar-refractivity contribution in [2.75, 3.05) is 6.61 Å². The molecule has 1 heterocycles. The van der Waals surface area contributed by atoms with Crippen LogP contribution in [0.3, 0.4) is 0 Å². The molecule has 1 aliphatic rings. The fraction of sp³-hybridized carbons (Fsp3) is 0.462. The SMILES string of the molecule is Cc1ccc(C2=NN[C@@H]([C@H](O)[C@@H](O)[C@@H](O)CO)S2)cc1. The largest absolute Gasteiger partial charge is 0.394 e. The Hall–Kier alpha value is -1.12. The summed E-state index contributed by atoms with van der Waals surface area (Å²) in [6, 6.07) is 7.78. The van der Waals surface area contributed by atoms with Gasteiger partial charge in [0.05, 0.1) is 6.61 Å². The summed E-state index contributed by atoms with van der Waals surface area (Å²) in [5.74, 6) is 0. The molecule has 0 bridgehead atoms. The van der Waals surface area contributed by atoms with Crippen molar-refractivity contribution in [2.45, 2.75) is 30.6 Å². The van der Waals surface area contributed by atoms with Gasteiger partial charge in [-0.1, -0.05) is 41.6 Å². The summed E-state index contributed by atoms with van der Waals surface area (Å²) in [6.45, 7) is 1.38. The summed E-state index contributed by atoms with van der Waals surface area (Å²) in [6.07, 6.45) is -4.05. The summed E-state index contributed by atoms with van der Waals surface area (Å²) in [5.41, 5.74) is 4.79. The standard InChI is InChI=1S/C13H18N2O4S/c1-7-2-4-8(5-3-7)12-14-15-13(20-12)11(19)10(18)9(17)6-16/h2-5,9-11,13,15-19H,6H2,1H3/t9-,10-,11+,13+/m0/s1. The zero-order chi connectivity index (χ0) is 14.7. The van der Waals surface area contributed by atoms with Crippen molar-refractivity contribution in [1.82, 2.24) is 5.43 Å². The van der Waals surface area contributed by atoms with Gasteiger partial charge in [0, 0.05) is 5.56 Å². The highest BCUT2D eigenvalue weighted by molar-refractivity contribution is 8.15. The van der Waals surface area contributed by atoms with E-state index in [1.54, 1.807) is 0 Å². The molecule has 7 heteroatoms. The van der Waals surface area contributed by atoms with E-state index >= 15 is 0 Å². The Bertz CT molecular complexity index is 480. The lowest BCUT2D eigenvalue weighted by atomic mass is 10.1. The fourth-order valence-corrected chi connectivity index (χ4v) is 2.81. The van der Waals surface area contributed by atoms with E-state index in [1.807, 2.05) is 31.2 Å². The van der Waals surface area contributed by atoms with Crippen LogP contribution in [0.2, 0.25) is 0 Å². The molecule has 0 saturated carbocycles. The Labute approximate surface area is 121 Å². The van der Waals surface area contributed by atoms with E-state index in [2.05, 4.69) is 10.5 Å². The maximum atomic E-state index is 9.95. The van der Waals surface area contributed by atoms with Gasteiger partial charge in [-0.2, -0.15) is 5.10 Å². The molecular weight excluding hydrogens is 280 g/mol. The quantitative estimate of drug-likeness (QED) is 0.497. The number of hydrogen-bond donors (Lipinski definition) is 5. The highest BCUT2D eigenvalue weighted by atomic mass is 32.2. The van der Waals surface area contributed by atoms with Crippen LogP contribution in [0.25, 0.3) is 0 Å². The van der Waals surface area contributed by atoms with Gasteiger partial charge in [-0.05, 0) is 6.92 Å². The number of nitrogens with zero attached hydrogens (tertiary/aromatic N) is 1. The summed E-state index contributed by atoms with van der Waals surface area (Å²) >= 11 is 1.27. The summed E-state index contributed by atoms with van der Waals surface area (Å²) < 4.78 is 0. The normalized spacial score (nSPS) is 22.9. The van der Waals surface area contributed by atoms with Gasteiger partial charge in [-0.15, -0.1) is 0 Å². The minimum Gasteiger partial charge on any atom is -0.394 e. The molecule has 0 amide bonds. The molecule has 0 fully saturated rings. The topological polar surface area (TPSA) is 105 Å². The Balaban J connectivity index is 1.99. The van der Waals surface area contributed by atoms with Crippen LogP contribution in [0.1, 0.15) is 11.1 Å². The third kappa shape index (κ3) is 3.31. The number of aliphatic hydroxyl groups is 4. The summed E-state index contributed by atoms with van der Waals surface area (Å²) in [4.78, 5) is 0. The van der Waals surface area contributed by atoms with Crippen molar-refractivity contribution in [1.29, 1.82) is 0 Å². The van der Waals surface area contributed by atoms with Gasteiger partial charge in [0.15, 0.2) is 0 Å². The van der Waals surface area contributed by atoms with Crippen molar-refractivity contribution in [3.8, 4) is 0 Å². The lowest BCUT2D eigenvalue weighted by Gasteiger charge is -2.25. The predicted octanol–water partition coefficient (Wildman–Crippen LogP) is -0.606. The van der Waals surface area contributed by atoms with Crippen LogP contribution in [0.4, 0.5) is 0 Å². The number of nitrogens with one attached hydrogen (secondary N) is 1. The van der Waals surface area contributed by atoms with E-state index < -0.39 is 30.3 Å². The van der Waals surface area contributed by atoms with Crippen molar-refractivity contribution in [2.24, 2.45) is 5.10 Å². The second kappa shape index (κ2) is 6.55. The van der Waals surface area contributed by atoms with Crippen LogP contribution in [-0.4, -0.2) is 55.8 Å². The van der Waals surface area contributed by atoms with Crippen LogP contribution in [0.15, 0.2) is 29.4 Å². The van der Waals surface area contributed by atoms with Crippen LogP contribution >= 0.6 is 11.8 Å². The molecule has 0 spiro atoms. The molecule has 20 heavy (non-hydrogen) atoms. The lowest BCUT2D eigenvalue weighted by molar-refractivity contribution is -0.0779. The van der Waals surface area contributed by atoms with Gasteiger partial charge in [0.1, 0.15) is 28.7 Å². The van der Waals surface area contributed by atoms with E-state index in [9.17, 15) is 15.3 Å². The number of benzene rings is 1. The molecule has 110 valence electrons. The number of aryl methyl sites for hydroxylation is 1. The Morgan fingerprint density at radius 3 is 2.50 bits per heavy atom. The minimum atomic E-state index is -1.43. The van der Waals surface area contributed by atoms with Crippen molar-refractivity contribution < 1.29 is 20.4 Å². The van der Waals surface area contributed by atoms with Crippen molar-refractivity contribution in [3.05, 3.63) is 35.4 Å². The van der Waals surface area contributed by atoms with Gasteiger partial charge in [0.25, 0.3) is 0 Å². The van der Waals surface area contributed by atoms with Crippen LogP contribution in [-0.2, 0) is 0 Å². The van der Waals surface area contributed by atoms with Crippen LogP contribution in [0, 0.1) is 6.92 Å².